The van der Waals surface area contributed by atoms with Crippen molar-refractivity contribution in [3.63, 3.8) is 0 Å². The van der Waals surface area contributed by atoms with Crippen molar-refractivity contribution < 1.29 is 13.2 Å². The van der Waals surface area contributed by atoms with E-state index in [4.69, 9.17) is 0 Å². The summed E-state index contributed by atoms with van der Waals surface area (Å²) in [6.07, 6.45) is -2.74. The summed E-state index contributed by atoms with van der Waals surface area (Å²) in [4.78, 5) is 0. The summed E-state index contributed by atoms with van der Waals surface area (Å²) in [6.45, 7) is 1.81. The van der Waals surface area contributed by atoms with Gasteiger partial charge in [0.25, 0.3) is 0 Å². The van der Waals surface area contributed by atoms with Gasteiger partial charge in [-0.2, -0.15) is 13.2 Å². The average Bonchev–Trinajstić information content (AvgIpc) is 2.04. The van der Waals surface area contributed by atoms with Crippen LogP contribution in [0.25, 0.3) is 0 Å². The Hall–Kier alpha value is -0.290. The Labute approximate surface area is 75.9 Å². The minimum atomic E-state index is -4.03. The van der Waals surface area contributed by atoms with Gasteiger partial charge in [0.2, 0.25) is 0 Å². The van der Waals surface area contributed by atoms with Gasteiger partial charge in [-0.3, -0.25) is 0 Å². The third kappa shape index (κ3) is 5.10. The molecule has 1 rings (SSSR count). The first-order valence-electron chi connectivity index (χ1n) is 4.59. The van der Waals surface area contributed by atoms with Crippen LogP contribution in [0.2, 0.25) is 0 Å². The van der Waals surface area contributed by atoms with Crippen LogP contribution in [0, 0.1) is 0 Å². The van der Waals surface area contributed by atoms with Crippen molar-refractivity contribution in [2.24, 2.45) is 0 Å². The zero-order valence-electron chi connectivity index (χ0n) is 7.45. The smallest absolute Gasteiger partial charge is 0.315 e. The molecule has 78 valence electrons. The van der Waals surface area contributed by atoms with Crippen molar-refractivity contribution in [3.8, 4) is 0 Å². The lowest BCUT2D eigenvalue weighted by Gasteiger charge is -2.24. The van der Waals surface area contributed by atoms with E-state index in [0.717, 1.165) is 25.9 Å². The van der Waals surface area contributed by atoms with Gasteiger partial charge in [-0.25, -0.2) is 0 Å². The number of alkyl halides is 3. The highest BCUT2D eigenvalue weighted by Gasteiger charge is 2.26. The lowest BCUT2D eigenvalue weighted by Crippen LogP contribution is -2.43. The van der Waals surface area contributed by atoms with Crippen molar-refractivity contribution in [1.82, 2.24) is 10.6 Å². The van der Waals surface area contributed by atoms with Crippen molar-refractivity contribution >= 4 is 0 Å². The largest absolute Gasteiger partial charge is 0.390 e. The van der Waals surface area contributed by atoms with Crippen LogP contribution < -0.4 is 10.6 Å². The van der Waals surface area contributed by atoms with Crippen molar-refractivity contribution in [2.45, 2.75) is 31.5 Å². The molecule has 1 fully saturated rings. The summed E-state index contributed by atoms with van der Waals surface area (Å²) < 4.78 is 35.3. The van der Waals surface area contributed by atoms with Crippen LogP contribution in [0.15, 0.2) is 0 Å². The Morgan fingerprint density at radius 2 is 2.15 bits per heavy atom. The second-order valence-corrected chi connectivity index (χ2v) is 3.36. The van der Waals surface area contributed by atoms with Gasteiger partial charge in [-0.15, -0.1) is 0 Å². The summed E-state index contributed by atoms with van der Waals surface area (Å²) in [5.74, 6) is 0. The van der Waals surface area contributed by atoms with Crippen LogP contribution in [0.3, 0.4) is 0 Å². The molecule has 0 bridgehead atoms. The first kappa shape index (κ1) is 10.8. The van der Waals surface area contributed by atoms with Crippen molar-refractivity contribution in [3.05, 3.63) is 0 Å². The van der Waals surface area contributed by atoms with E-state index in [9.17, 15) is 13.2 Å². The van der Waals surface area contributed by atoms with E-state index in [1.165, 1.54) is 0 Å². The molecule has 0 amide bonds. The van der Waals surface area contributed by atoms with Crippen molar-refractivity contribution in [1.29, 1.82) is 0 Å². The predicted molar refractivity (Wildman–Crippen MR) is 44.6 cm³/mol. The van der Waals surface area contributed by atoms with E-state index in [1.54, 1.807) is 0 Å². The molecule has 1 aliphatic rings. The molecule has 1 aliphatic heterocycles. The number of rotatable bonds is 3. The van der Waals surface area contributed by atoms with E-state index in [2.05, 4.69) is 10.6 Å². The molecule has 1 heterocycles. The first-order chi connectivity index (χ1) is 6.08. The summed E-state index contributed by atoms with van der Waals surface area (Å²) in [6, 6.07) is 0.219. The summed E-state index contributed by atoms with van der Waals surface area (Å²) in [5.41, 5.74) is 0. The zero-order valence-corrected chi connectivity index (χ0v) is 7.45. The second kappa shape index (κ2) is 4.81. The van der Waals surface area contributed by atoms with Gasteiger partial charge < -0.3 is 10.6 Å². The van der Waals surface area contributed by atoms with Crippen LogP contribution in [0.5, 0.6) is 0 Å². The quantitative estimate of drug-likeness (QED) is 0.710. The van der Waals surface area contributed by atoms with E-state index in [1.807, 2.05) is 0 Å². The molecule has 0 saturated carbocycles. The monoisotopic (exact) mass is 196 g/mol. The second-order valence-electron chi connectivity index (χ2n) is 3.36. The fraction of sp³-hybridized carbons (Fsp3) is 1.00. The molecule has 1 unspecified atom stereocenters. The lowest BCUT2D eigenvalue weighted by molar-refractivity contribution is -0.133. The SMILES string of the molecule is FC(F)(F)CCNC1CCCNC1. The third-order valence-electron chi connectivity index (χ3n) is 2.14. The highest BCUT2D eigenvalue weighted by Crippen LogP contribution is 2.18. The van der Waals surface area contributed by atoms with E-state index < -0.39 is 12.6 Å². The molecule has 0 aromatic heterocycles. The van der Waals surface area contributed by atoms with Crippen LogP contribution >= 0.6 is 0 Å². The van der Waals surface area contributed by atoms with Crippen molar-refractivity contribution in [2.75, 3.05) is 19.6 Å². The van der Waals surface area contributed by atoms with Crippen LogP contribution in [-0.4, -0.2) is 31.9 Å². The van der Waals surface area contributed by atoms with Gasteiger partial charge in [-0.1, -0.05) is 0 Å². The molecule has 2 nitrogen and oxygen atoms in total. The Morgan fingerprint density at radius 3 is 2.69 bits per heavy atom. The Morgan fingerprint density at radius 1 is 1.38 bits per heavy atom. The lowest BCUT2D eigenvalue weighted by atomic mass is 10.1. The van der Waals surface area contributed by atoms with Crippen LogP contribution in [0.4, 0.5) is 13.2 Å². The molecule has 0 aromatic carbocycles. The number of hydrogen-bond donors (Lipinski definition) is 2. The highest BCUT2D eigenvalue weighted by molar-refractivity contribution is 4.75. The minimum absolute atomic E-state index is 0.0375. The van der Waals surface area contributed by atoms with Crippen LogP contribution in [-0.2, 0) is 0 Å². The Kier molecular flexibility index (Phi) is 3.99. The molecule has 0 aliphatic carbocycles. The number of nitrogens with one attached hydrogen (secondary N) is 2. The fourth-order valence-corrected chi connectivity index (χ4v) is 1.44. The van der Waals surface area contributed by atoms with Gasteiger partial charge in [0.05, 0.1) is 6.42 Å². The van der Waals surface area contributed by atoms with Gasteiger partial charge in [0.15, 0.2) is 0 Å². The number of piperidine rings is 1. The Bertz CT molecular complexity index is 141. The maximum absolute atomic E-state index is 11.8. The van der Waals surface area contributed by atoms with E-state index in [-0.39, 0.29) is 12.6 Å². The molecule has 0 radical (unpaired) electrons. The zero-order chi connectivity index (χ0) is 9.73. The van der Waals surface area contributed by atoms with E-state index >= 15 is 0 Å². The number of hydrogen-bond acceptors (Lipinski definition) is 2. The molecule has 0 aromatic rings. The molecule has 13 heavy (non-hydrogen) atoms. The first-order valence-corrected chi connectivity index (χ1v) is 4.59. The summed E-state index contributed by atoms with van der Waals surface area (Å²) in [5, 5.41) is 6.03. The molecule has 1 atom stereocenters. The van der Waals surface area contributed by atoms with E-state index in [0.29, 0.717) is 0 Å². The molecular formula is C8H15F3N2. The standard InChI is InChI=1S/C8H15F3N2/c9-8(10,11)3-5-13-7-2-1-4-12-6-7/h7,12-13H,1-6H2. The average molecular weight is 196 g/mol. The fourth-order valence-electron chi connectivity index (χ4n) is 1.44. The predicted octanol–water partition coefficient (Wildman–Crippen LogP) is 1.28. The van der Waals surface area contributed by atoms with Gasteiger partial charge in [0.1, 0.15) is 0 Å². The number of halogens is 3. The normalized spacial score (nSPS) is 24.7. The molecule has 0 spiro atoms. The summed E-state index contributed by atoms with van der Waals surface area (Å²) in [7, 11) is 0. The van der Waals surface area contributed by atoms with Gasteiger partial charge in [0, 0.05) is 19.1 Å². The summed E-state index contributed by atoms with van der Waals surface area (Å²) >= 11 is 0. The third-order valence-corrected chi connectivity index (χ3v) is 2.14. The van der Waals surface area contributed by atoms with Gasteiger partial charge >= 0.3 is 6.18 Å². The molecular weight excluding hydrogens is 181 g/mol. The molecule has 5 heteroatoms. The molecule has 1 saturated heterocycles. The Balaban J connectivity index is 2.04. The van der Waals surface area contributed by atoms with Gasteiger partial charge in [-0.05, 0) is 19.4 Å². The highest BCUT2D eigenvalue weighted by atomic mass is 19.4. The minimum Gasteiger partial charge on any atom is -0.315 e. The topological polar surface area (TPSA) is 24.1 Å². The maximum Gasteiger partial charge on any atom is 0.390 e. The maximum atomic E-state index is 11.8. The van der Waals surface area contributed by atoms with Crippen LogP contribution in [0.1, 0.15) is 19.3 Å². The molecule has 2 N–H and O–H groups in total.